The zero-order chi connectivity index (χ0) is 24.7. The van der Waals surface area contributed by atoms with Gasteiger partial charge in [0, 0.05) is 47.5 Å². The number of hydrogen-bond acceptors (Lipinski definition) is 4. The average Bonchev–Trinajstić information content (AvgIpc) is 3.17. The summed E-state index contributed by atoms with van der Waals surface area (Å²) in [5.74, 6) is 0. The minimum atomic E-state index is 0.205. The Labute approximate surface area is 210 Å². The maximum atomic E-state index is 5.57. The van der Waals surface area contributed by atoms with Crippen LogP contribution in [0.4, 0.5) is 0 Å². The molecule has 1 aliphatic rings. The summed E-state index contributed by atoms with van der Waals surface area (Å²) in [6, 6.07) is 15.1. The average molecular weight is 472 g/mol. The third-order valence-corrected chi connectivity index (χ3v) is 6.58. The SMILES string of the molecule is CC(C)(C)Cn1c2ccccc2c2ccnc(CNCCCCN)c21.c1cnc2c(c1)CCCC2. The van der Waals surface area contributed by atoms with Gasteiger partial charge in [-0.1, -0.05) is 45.0 Å². The second-order valence-electron chi connectivity index (χ2n) is 10.8. The normalized spacial score (nSPS) is 13.5. The summed E-state index contributed by atoms with van der Waals surface area (Å²) in [6.07, 6.45) is 11.1. The van der Waals surface area contributed by atoms with Crippen molar-refractivity contribution in [2.45, 2.75) is 72.4 Å². The van der Waals surface area contributed by atoms with Gasteiger partial charge in [-0.2, -0.15) is 0 Å². The van der Waals surface area contributed by atoms with E-state index in [0.717, 1.165) is 44.7 Å². The number of nitrogens with one attached hydrogen (secondary N) is 1. The molecule has 0 unspecified atom stereocenters. The second kappa shape index (κ2) is 11.8. The maximum absolute atomic E-state index is 5.57. The Morgan fingerprint density at radius 1 is 0.914 bits per heavy atom. The number of unbranched alkanes of at least 4 members (excludes halogenated alkanes) is 1. The highest BCUT2D eigenvalue weighted by Gasteiger charge is 2.19. The van der Waals surface area contributed by atoms with Gasteiger partial charge in [0.15, 0.2) is 0 Å². The number of nitrogens with zero attached hydrogens (tertiary/aromatic N) is 3. The first-order chi connectivity index (χ1) is 17.0. The van der Waals surface area contributed by atoms with Crippen molar-refractivity contribution in [2.75, 3.05) is 13.1 Å². The number of para-hydroxylation sites is 1. The smallest absolute Gasteiger partial charge is 0.0784 e. The summed E-state index contributed by atoms with van der Waals surface area (Å²) in [7, 11) is 0. The monoisotopic (exact) mass is 471 g/mol. The molecule has 0 amide bonds. The molecule has 0 bridgehead atoms. The molecule has 5 heteroatoms. The molecule has 0 spiro atoms. The lowest BCUT2D eigenvalue weighted by Gasteiger charge is -2.21. The first kappa shape index (κ1) is 25.3. The molecule has 3 heterocycles. The van der Waals surface area contributed by atoms with Crippen LogP contribution in [0.3, 0.4) is 0 Å². The van der Waals surface area contributed by atoms with Crippen LogP contribution in [0.2, 0.25) is 0 Å². The second-order valence-corrected chi connectivity index (χ2v) is 10.8. The van der Waals surface area contributed by atoms with E-state index in [1.807, 2.05) is 18.5 Å². The van der Waals surface area contributed by atoms with Crippen molar-refractivity contribution < 1.29 is 0 Å². The number of aryl methyl sites for hydroxylation is 2. The van der Waals surface area contributed by atoms with E-state index in [2.05, 4.69) is 72.0 Å². The third-order valence-electron chi connectivity index (χ3n) is 6.58. The van der Waals surface area contributed by atoms with Gasteiger partial charge in [0.25, 0.3) is 0 Å². The number of fused-ring (bicyclic) bond motifs is 4. The zero-order valence-corrected chi connectivity index (χ0v) is 21.7. The fraction of sp³-hybridized carbons (Fsp3) is 0.467. The molecule has 0 saturated heterocycles. The molecule has 5 rings (SSSR count). The molecule has 3 aromatic heterocycles. The number of rotatable bonds is 7. The van der Waals surface area contributed by atoms with Crippen molar-refractivity contribution in [1.82, 2.24) is 19.9 Å². The molecular formula is C30H41N5. The van der Waals surface area contributed by atoms with Crippen LogP contribution in [0.25, 0.3) is 21.8 Å². The molecule has 1 aromatic carbocycles. The largest absolute Gasteiger partial charge is 0.338 e. The topological polar surface area (TPSA) is 68.8 Å². The third kappa shape index (κ3) is 6.47. The molecule has 0 radical (unpaired) electrons. The number of hydrogen-bond donors (Lipinski definition) is 2. The molecule has 3 N–H and O–H groups in total. The van der Waals surface area contributed by atoms with Gasteiger partial charge in [-0.15, -0.1) is 0 Å². The maximum Gasteiger partial charge on any atom is 0.0784 e. The van der Waals surface area contributed by atoms with Crippen molar-refractivity contribution in [3.63, 3.8) is 0 Å². The Morgan fingerprint density at radius 2 is 1.74 bits per heavy atom. The highest BCUT2D eigenvalue weighted by Crippen LogP contribution is 2.33. The minimum Gasteiger partial charge on any atom is -0.338 e. The van der Waals surface area contributed by atoms with Crippen LogP contribution in [-0.4, -0.2) is 27.6 Å². The zero-order valence-electron chi connectivity index (χ0n) is 21.7. The molecular weight excluding hydrogens is 430 g/mol. The molecule has 35 heavy (non-hydrogen) atoms. The summed E-state index contributed by atoms with van der Waals surface area (Å²) in [5.41, 5.74) is 12.3. The van der Waals surface area contributed by atoms with E-state index < -0.39 is 0 Å². The van der Waals surface area contributed by atoms with Gasteiger partial charge in [-0.3, -0.25) is 9.97 Å². The van der Waals surface area contributed by atoms with Crippen LogP contribution in [0.1, 0.15) is 63.4 Å². The Morgan fingerprint density at radius 3 is 2.54 bits per heavy atom. The lowest BCUT2D eigenvalue weighted by Crippen LogP contribution is -2.19. The standard InChI is InChI=1S/C21H30N4.C9H11N/c1-21(2,3)15-25-19-9-5-4-8-16(19)17-10-13-24-18(20(17)25)14-23-12-7-6-11-22;1-2-6-9-8(4-1)5-3-7-10-9/h4-5,8-10,13,23H,6-7,11-12,14-15,22H2,1-3H3;3,5,7H,1-2,4,6H2. The van der Waals surface area contributed by atoms with Gasteiger partial charge in [0.05, 0.1) is 11.2 Å². The van der Waals surface area contributed by atoms with Gasteiger partial charge in [0.2, 0.25) is 0 Å². The molecule has 0 aliphatic heterocycles. The summed E-state index contributed by atoms with van der Waals surface area (Å²) in [4.78, 5) is 9.02. The van der Waals surface area contributed by atoms with E-state index in [0.29, 0.717) is 0 Å². The highest BCUT2D eigenvalue weighted by molar-refractivity contribution is 6.08. The highest BCUT2D eigenvalue weighted by atomic mass is 15.0. The van der Waals surface area contributed by atoms with Crippen LogP contribution in [0.5, 0.6) is 0 Å². The summed E-state index contributed by atoms with van der Waals surface area (Å²) in [5, 5.41) is 6.14. The number of aromatic nitrogens is 3. The summed E-state index contributed by atoms with van der Waals surface area (Å²) < 4.78 is 2.45. The summed E-state index contributed by atoms with van der Waals surface area (Å²) >= 11 is 0. The van der Waals surface area contributed by atoms with Crippen LogP contribution in [-0.2, 0) is 25.9 Å². The number of nitrogens with two attached hydrogens (primary N) is 1. The lowest BCUT2D eigenvalue weighted by atomic mass is 9.96. The molecule has 1 aliphatic carbocycles. The van der Waals surface area contributed by atoms with E-state index in [1.165, 1.54) is 58.7 Å². The van der Waals surface area contributed by atoms with Crippen molar-refractivity contribution in [1.29, 1.82) is 0 Å². The molecule has 4 aromatic rings. The van der Waals surface area contributed by atoms with Gasteiger partial charge in [0.1, 0.15) is 0 Å². The molecule has 5 nitrogen and oxygen atoms in total. The fourth-order valence-electron chi connectivity index (χ4n) is 4.97. The van der Waals surface area contributed by atoms with Crippen LogP contribution in [0.15, 0.2) is 54.9 Å². The minimum absolute atomic E-state index is 0.205. The van der Waals surface area contributed by atoms with Gasteiger partial charge in [-0.25, -0.2) is 0 Å². The Bertz CT molecular complexity index is 1210. The Hall–Kier alpha value is -2.76. The van der Waals surface area contributed by atoms with Gasteiger partial charge >= 0.3 is 0 Å². The first-order valence-electron chi connectivity index (χ1n) is 13.2. The van der Waals surface area contributed by atoms with Gasteiger partial charge in [-0.05, 0) is 80.8 Å². The number of pyridine rings is 2. The van der Waals surface area contributed by atoms with Crippen LogP contribution in [0, 0.1) is 5.41 Å². The molecule has 0 atom stereocenters. The predicted octanol–water partition coefficient (Wildman–Crippen LogP) is 6.02. The lowest BCUT2D eigenvalue weighted by molar-refractivity contribution is 0.354. The van der Waals surface area contributed by atoms with Crippen molar-refractivity contribution in [3.8, 4) is 0 Å². The van der Waals surface area contributed by atoms with Crippen molar-refractivity contribution in [2.24, 2.45) is 11.1 Å². The Balaban J connectivity index is 0.000000239. The first-order valence-corrected chi connectivity index (χ1v) is 13.2. The van der Waals surface area contributed by atoms with E-state index in [4.69, 9.17) is 10.7 Å². The van der Waals surface area contributed by atoms with E-state index in [1.54, 1.807) is 0 Å². The van der Waals surface area contributed by atoms with Crippen LogP contribution < -0.4 is 11.1 Å². The summed E-state index contributed by atoms with van der Waals surface area (Å²) in [6.45, 7) is 10.4. The van der Waals surface area contributed by atoms with E-state index in [-0.39, 0.29) is 5.41 Å². The Kier molecular flexibility index (Phi) is 8.53. The predicted molar refractivity (Wildman–Crippen MR) is 148 cm³/mol. The van der Waals surface area contributed by atoms with E-state index >= 15 is 0 Å². The molecule has 0 fully saturated rings. The quantitative estimate of drug-likeness (QED) is 0.323. The molecule has 0 saturated carbocycles. The van der Waals surface area contributed by atoms with Crippen molar-refractivity contribution in [3.05, 3.63) is 71.8 Å². The fourth-order valence-corrected chi connectivity index (χ4v) is 4.97. The van der Waals surface area contributed by atoms with Gasteiger partial charge < -0.3 is 15.6 Å². The molecule has 186 valence electrons. The van der Waals surface area contributed by atoms with Crippen molar-refractivity contribution >= 4 is 21.8 Å². The number of benzene rings is 1. The van der Waals surface area contributed by atoms with Crippen LogP contribution >= 0.6 is 0 Å². The van der Waals surface area contributed by atoms with E-state index in [9.17, 15) is 0 Å².